The highest BCUT2D eigenvalue weighted by atomic mass is 16.3. The predicted octanol–water partition coefficient (Wildman–Crippen LogP) is 1.24. The fourth-order valence-corrected chi connectivity index (χ4v) is 1.84. The van der Waals surface area contributed by atoms with Crippen LogP contribution in [-0.4, -0.2) is 33.4 Å². The molecule has 1 rings (SSSR count). The topological polar surface area (TPSA) is 75.1 Å². The van der Waals surface area contributed by atoms with E-state index in [1.807, 2.05) is 20.8 Å². The van der Waals surface area contributed by atoms with Crippen molar-refractivity contribution in [1.29, 1.82) is 0 Å². The molecule has 0 aliphatic heterocycles. The van der Waals surface area contributed by atoms with Crippen LogP contribution >= 0.6 is 0 Å². The summed E-state index contributed by atoms with van der Waals surface area (Å²) in [7, 11) is 0. The monoisotopic (exact) mass is 251 g/mol. The second-order valence-electron chi connectivity index (χ2n) is 4.66. The van der Waals surface area contributed by atoms with Crippen LogP contribution in [0.15, 0.2) is 6.07 Å². The molecule has 100 valence electrons. The molecule has 0 radical (unpaired) electrons. The molecule has 2 N–H and O–H groups in total. The maximum atomic E-state index is 12.1. The standard InChI is InChI=1S/C13H21N3O2/c1-5-12-11(7-9(3)15-16-12)13(18)14-8(2)6-10(4)17/h7-8,10,17H,5-6H2,1-4H3,(H,14,18). The number of carbonyl (C=O) groups is 1. The average Bonchev–Trinajstić information content (AvgIpc) is 2.27. The normalized spacial score (nSPS) is 14.1. The Morgan fingerprint density at radius 3 is 2.67 bits per heavy atom. The van der Waals surface area contributed by atoms with Gasteiger partial charge in [0.15, 0.2) is 0 Å². The van der Waals surface area contributed by atoms with Crippen LogP contribution in [0.1, 0.15) is 48.9 Å². The Kier molecular flexibility index (Phi) is 5.22. The number of rotatable bonds is 5. The van der Waals surface area contributed by atoms with E-state index in [2.05, 4.69) is 15.5 Å². The maximum absolute atomic E-state index is 12.1. The van der Waals surface area contributed by atoms with Crippen molar-refractivity contribution in [1.82, 2.24) is 15.5 Å². The Morgan fingerprint density at radius 2 is 2.11 bits per heavy atom. The highest BCUT2D eigenvalue weighted by Crippen LogP contribution is 2.08. The molecule has 0 aliphatic rings. The van der Waals surface area contributed by atoms with Gasteiger partial charge in [0.1, 0.15) is 0 Å². The van der Waals surface area contributed by atoms with Crippen molar-refractivity contribution >= 4 is 5.91 Å². The lowest BCUT2D eigenvalue weighted by molar-refractivity contribution is 0.0921. The van der Waals surface area contributed by atoms with Gasteiger partial charge in [-0.25, -0.2) is 0 Å². The van der Waals surface area contributed by atoms with E-state index in [4.69, 9.17) is 0 Å². The number of nitrogens with zero attached hydrogens (tertiary/aromatic N) is 2. The zero-order valence-electron chi connectivity index (χ0n) is 11.4. The van der Waals surface area contributed by atoms with Crippen molar-refractivity contribution in [2.75, 3.05) is 0 Å². The number of carbonyl (C=O) groups excluding carboxylic acids is 1. The lowest BCUT2D eigenvalue weighted by Gasteiger charge is -2.16. The molecule has 1 amide bonds. The third-order valence-electron chi connectivity index (χ3n) is 2.64. The Labute approximate surface area is 108 Å². The number of amides is 1. The van der Waals surface area contributed by atoms with E-state index in [9.17, 15) is 9.90 Å². The molecule has 18 heavy (non-hydrogen) atoms. The maximum Gasteiger partial charge on any atom is 0.253 e. The first-order valence-electron chi connectivity index (χ1n) is 6.26. The van der Waals surface area contributed by atoms with Gasteiger partial charge < -0.3 is 10.4 Å². The van der Waals surface area contributed by atoms with Crippen LogP contribution < -0.4 is 5.32 Å². The van der Waals surface area contributed by atoms with Gasteiger partial charge in [0, 0.05) is 6.04 Å². The van der Waals surface area contributed by atoms with Gasteiger partial charge in [-0.2, -0.15) is 10.2 Å². The summed E-state index contributed by atoms with van der Waals surface area (Å²) in [4.78, 5) is 12.1. The van der Waals surface area contributed by atoms with Crippen LogP contribution in [-0.2, 0) is 6.42 Å². The molecule has 0 bridgehead atoms. The molecule has 0 saturated carbocycles. The Morgan fingerprint density at radius 1 is 1.44 bits per heavy atom. The molecule has 5 heteroatoms. The molecule has 0 spiro atoms. The third kappa shape index (κ3) is 4.07. The Hall–Kier alpha value is -1.49. The fourth-order valence-electron chi connectivity index (χ4n) is 1.84. The van der Waals surface area contributed by atoms with Crippen LogP contribution in [0.25, 0.3) is 0 Å². The van der Waals surface area contributed by atoms with Gasteiger partial charge in [-0.05, 0) is 39.7 Å². The first-order chi connectivity index (χ1) is 8.43. The molecule has 5 nitrogen and oxygen atoms in total. The number of nitrogens with one attached hydrogen (secondary N) is 1. The van der Waals surface area contributed by atoms with Gasteiger partial charge in [-0.1, -0.05) is 6.92 Å². The van der Waals surface area contributed by atoms with Gasteiger partial charge in [0.05, 0.1) is 23.1 Å². The Balaban J connectivity index is 2.80. The number of aliphatic hydroxyl groups excluding tert-OH is 1. The smallest absolute Gasteiger partial charge is 0.253 e. The summed E-state index contributed by atoms with van der Waals surface area (Å²) in [6.07, 6.45) is 0.772. The van der Waals surface area contributed by atoms with Crippen LogP contribution in [0, 0.1) is 6.92 Å². The first-order valence-corrected chi connectivity index (χ1v) is 6.26. The Bertz CT molecular complexity index is 419. The highest BCUT2D eigenvalue weighted by molar-refractivity contribution is 5.95. The van der Waals surface area contributed by atoms with Crippen molar-refractivity contribution < 1.29 is 9.90 Å². The van der Waals surface area contributed by atoms with Crippen molar-refractivity contribution in [3.05, 3.63) is 23.0 Å². The lowest BCUT2D eigenvalue weighted by Crippen LogP contribution is -2.35. The van der Waals surface area contributed by atoms with Crippen molar-refractivity contribution in [3.8, 4) is 0 Å². The van der Waals surface area contributed by atoms with E-state index in [1.165, 1.54) is 0 Å². The van der Waals surface area contributed by atoms with Gasteiger partial charge in [0.25, 0.3) is 5.91 Å². The number of aromatic nitrogens is 2. The minimum atomic E-state index is -0.428. The van der Waals surface area contributed by atoms with Crippen molar-refractivity contribution in [3.63, 3.8) is 0 Å². The van der Waals surface area contributed by atoms with Gasteiger partial charge in [-0.15, -0.1) is 0 Å². The molecule has 2 atom stereocenters. The number of hydrogen-bond acceptors (Lipinski definition) is 4. The molecule has 0 aromatic carbocycles. The molecule has 1 aromatic heterocycles. The van der Waals surface area contributed by atoms with Crippen LogP contribution in [0.4, 0.5) is 0 Å². The molecule has 2 unspecified atom stereocenters. The zero-order valence-corrected chi connectivity index (χ0v) is 11.4. The molecular formula is C13H21N3O2. The number of hydrogen-bond donors (Lipinski definition) is 2. The number of aryl methyl sites for hydroxylation is 2. The van der Waals surface area contributed by atoms with Crippen molar-refractivity contribution in [2.45, 2.75) is 52.7 Å². The third-order valence-corrected chi connectivity index (χ3v) is 2.64. The molecule has 0 saturated heterocycles. The molecule has 0 aliphatic carbocycles. The van der Waals surface area contributed by atoms with Gasteiger partial charge >= 0.3 is 0 Å². The van der Waals surface area contributed by atoms with E-state index in [1.54, 1.807) is 13.0 Å². The van der Waals surface area contributed by atoms with E-state index in [0.29, 0.717) is 24.1 Å². The average molecular weight is 251 g/mol. The second-order valence-corrected chi connectivity index (χ2v) is 4.66. The van der Waals surface area contributed by atoms with E-state index in [-0.39, 0.29) is 11.9 Å². The summed E-state index contributed by atoms with van der Waals surface area (Å²) in [5, 5.41) is 20.1. The highest BCUT2D eigenvalue weighted by Gasteiger charge is 2.15. The summed E-state index contributed by atoms with van der Waals surface area (Å²) >= 11 is 0. The molecule has 0 fully saturated rings. The quantitative estimate of drug-likeness (QED) is 0.825. The first kappa shape index (κ1) is 14.6. The molecule has 1 heterocycles. The lowest BCUT2D eigenvalue weighted by atomic mass is 10.1. The van der Waals surface area contributed by atoms with Crippen LogP contribution in [0.3, 0.4) is 0 Å². The SMILES string of the molecule is CCc1nnc(C)cc1C(=O)NC(C)CC(C)O. The fraction of sp³-hybridized carbons (Fsp3) is 0.615. The van der Waals surface area contributed by atoms with Crippen molar-refractivity contribution in [2.24, 2.45) is 0 Å². The summed E-state index contributed by atoms with van der Waals surface area (Å²) in [5.74, 6) is -0.155. The molecular weight excluding hydrogens is 230 g/mol. The predicted molar refractivity (Wildman–Crippen MR) is 69.4 cm³/mol. The minimum Gasteiger partial charge on any atom is -0.393 e. The summed E-state index contributed by atoms with van der Waals surface area (Å²) < 4.78 is 0. The van der Waals surface area contributed by atoms with Gasteiger partial charge in [-0.3, -0.25) is 4.79 Å². The van der Waals surface area contributed by atoms with Gasteiger partial charge in [0.2, 0.25) is 0 Å². The second kappa shape index (κ2) is 6.44. The van der Waals surface area contributed by atoms with E-state index < -0.39 is 6.10 Å². The van der Waals surface area contributed by atoms with Crippen LogP contribution in [0.2, 0.25) is 0 Å². The zero-order chi connectivity index (χ0) is 13.7. The number of aliphatic hydroxyl groups is 1. The van der Waals surface area contributed by atoms with Crippen LogP contribution in [0.5, 0.6) is 0 Å². The largest absolute Gasteiger partial charge is 0.393 e. The summed E-state index contributed by atoms with van der Waals surface area (Å²) in [6, 6.07) is 1.67. The summed E-state index contributed by atoms with van der Waals surface area (Å²) in [6.45, 7) is 7.33. The van der Waals surface area contributed by atoms with E-state index in [0.717, 1.165) is 5.69 Å². The minimum absolute atomic E-state index is 0.0734. The van der Waals surface area contributed by atoms with E-state index >= 15 is 0 Å². The molecule has 1 aromatic rings. The summed E-state index contributed by atoms with van der Waals surface area (Å²) in [5.41, 5.74) is 1.99.